The van der Waals surface area contributed by atoms with E-state index in [9.17, 15) is 4.79 Å². The number of rotatable bonds is 11. The molecule has 0 saturated carbocycles. The first-order valence-electron chi connectivity index (χ1n) is 7.47. The van der Waals surface area contributed by atoms with E-state index in [1.807, 2.05) is 13.8 Å². The Morgan fingerprint density at radius 2 is 2.00 bits per heavy atom. The topological polar surface area (TPSA) is 50.8 Å². The smallest absolute Gasteiger partial charge is 0.326 e. The summed E-state index contributed by atoms with van der Waals surface area (Å²) in [5.41, 5.74) is -0.627. The molecule has 1 atom stereocenters. The molecule has 0 aromatic rings. The van der Waals surface area contributed by atoms with Gasteiger partial charge in [-0.3, -0.25) is 4.79 Å². The Bertz CT molecular complexity index is 272. The Morgan fingerprint density at radius 3 is 2.45 bits per heavy atom. The van der Waals surface area contributed by atoms with E-state index in [0.29, 0.717) is 19.1 Å². The Hall–Kier alpha value is -0.650. The molecule has 1 N–H and O–H groups in total. The number of carbonyl (C=O) groups is 1. The highest BCUT2D eigenvalue weighted by Crippen LogP contribution is 2.13. The molecule has 5 heteroatoms. The Labute approximate surface area is 124 Å². The first kappa shape index (κ1) is 19.4. The molecule has 0 rings (SSSR count). The third-order valence-corrected chi connectivity index (χ3v) is 3.44. The molecule has 120 valence electrons. The van der Waals surface area contributed by atoms with E-state index in [4.69, 9.17) is 9.47 Å². The Balaban J connectivity index is 4.49. The van der Waals surface area contributed by atoms with E-state index in [1.165, 1.54) is 0 Å². The van der Waals surface area contributed by atoms with Gasteiger partial charge in [0.05, 0.1) is 13.2 Å². The molecule has 0 aromatic heterocycles. The molecule has 0 fully saturated rings. The zero-order valence-electron chi connectivity index (χ0n) is 14.0. The van der Waals surface area contributed by atoms with Crippen LogP contribution in [0.15, 0.2) is 0 Å². The van der Waals surface area contributed by atoms with Gasteiger partial charge < -0.3 is 19.7 Å². The lowest BCUT2D eigenvalue weighted by Crippen LogP contribution is -2.51. The van der Waals surface area contributed by atoms with Crippen molar-refractivity contribution >= 4 is 5.97 Å². The number of likely N-dealkylation sites (N-methyl/N-ethyl adjacent to an activating group) is 1. The highest BCUT2D eigenvalue weighted by atomic mass is 16.5. The average molecular weight is 288 g/mol. The number of methoxy groups -OCH3 is 1. The van der Waals surface area contributed by atoms with Crippen LogP contribution in [0.3, 0.4) is 0 Å². The summed E-state index contributed by atoms with van der Waals surface area (Å²) >= 11 is 0. The fourth-order valence-corrected chi connectivity index (χ4v) is 2.03. The summed E-state index contributed by atoms with van der Waals surface area (Å²) in [6, 6.07) is 0. The van der Waals surface area contributed by atoms with Crippen LogP contribution in [-0.4, -0.2) is 63.4 Å². The monoisotopic (exact) mass is 288 g/mol. The quantitative estimate of drug-likeness (QED) is 0.584. The number of nitrogens with zero attached hydrogens (tertiary/aromatic N) is 1. The van der Waals surface area contributed by atoms with Gasteiger partial charge in [0.1, 0.15) is 5.54 Å². The van der Waals surface area contributed by atoms with Gasteiger partial charge in [-0.25, -0.2) is 0 Å². The van der Waals surface area contributed by atoms with Crippen molar-refractivity contribution in [2.24, 2.45) is 5.92 Å². The molecule has 1 unspecified atom stereocenters. The summed E-state index contributed by atoms with van der Waals surface area (Å²) in [6.45, 7) is 12.0. The predicted molar refractivity (Wildman–Crippen MR) is 81.9 cm³/mol. The van der Waals surface area contributed by atoms with E-state index < -0.39 is 5.54 Å². The van der Waals surface area contributed by atoms with Crippen LogP contribution in [0, 0.1) is 5.92 Å². The zero-order chi connectivity index (χ0) is 15.6. The van der Waals surface area contributed by atoms with Crippen molar-refractivity contribution in [3.63, 3.8) is 0 Å². The lowest BCUT2D eigenvalue weighted by Gasteiger charge is -2.31. The normalized spacial score (nSPS) is 14.6. The maximum atomic E-state index is 12.0. The maximum Gasteiger partial charge on any atom is 0.326 e. The Kier molecular flexibility index (Phi) is 9.80. The predicted octanol–water partition coefficient (Wildman–Crippen LogP) is 1.52. The second-order valence-electron chi connectivity index (χ2n) is 5.74. The summed E-state index contributed by atoms with van der Waals surface area (Å²) in [6.07, 6.45) is 0.721. The molecule has 0 bridgehead atoms. The number of hydrogen-bond acceptors (Lipinski definition) is 5. The van der Waals surface area contributed by atoms with Crippen LogP contribution in [0.1, 0.15) is 34.1 Å². The SMILES string of the molecule is CCOC(=O)C(C)(CCN(CCOC)CC(C)C)NC. The minimum absolute atomic E-state index is 0.182. The molecule has 0 aliphatic carbocycles. The van der Waals surface area contributed by atoms with Crippen molar-refractivity contribution in [2.75, 3.05) is 47.0 Å². The number of nitrogens with one attached hydrogen (secondary N) is 1. The third kappa shape index (κ3) is 7.22. The average Bonchev–Trinajstić information content (AvgIpc) is 2.41. The molecule has 0 spiro atoms. The van der Waals surface area contributed by atoms with Gasteiger partial charge in [0.15, 0.2) is 0 Å². The highest BCUT2D eigenvalue weighted by Gasteiger charge is 2.33. The van der Waals surface area contributed by atoms with Crippen LogP contribution in [0.4, 0.5) is 0 Å². The summed E-state index contributed by atoms with van der Waals surface area (Å²) in [5.74, 6) is 0.411. The van der Waals surface area contributed by atoms with Gasteiger partial charge >= 0.3 is 5.97 Å². The van der Waals surface area contributed by atoms with Gasteiger partial charge in [-0.1, -0.05) is 13.8 Å². The molecule has 0 heterocycles. The number of hydrogen-bond donors (Lipinski definition) is 1. The second-order valence-corrected chi connectivity index (χ2v) is 5.74. The van der Waals surface area contributed by atoms with Crippen molar-refractivity contribution in [1.82, 2.24) is 10.2 Å². The second kappa shape index (κ2) is 10.1. The van der Waals surface area contributed by atoms with Crippen LogP contribution < -0.4 is 5.32 Å². The van der Waals surface area contributed by atoms with Gasteiger partial charge in [0, 0.05) is 26.7 Å². The number of ether oxygens (including phenoxy) is 2. The van der Waals surface area contributed by atoms with E-state index in [0.717, 1.165) is 26.1 Å². The van der Waals surface area contributed by atoms with Crippen molar-refractivity contribution in [2.45, 2.75) is 39.7 Å². The molecule has 20 heavy (non-hydrogen) atoms. The minimum Gasteiger partial charge on any atom is -0.465 e. The molecule has 0 saturated heterocycles. The lowest BCUT2D eigenvalue weighted by molar-refractivity contribution is -0.150. The first-order chi connectivity index (χ1) is 9.39. The molecular formula is C15H32N2O3. The van der Waals surface area contributed by atoms with Crippen LogP contribution in [0.2, 0.25) is 0 Å². The minimum atomic E-state index is -0.627. The van der Waals surface area contributed by atoms with Crippen LogP contribution in [-0.2, 0) is 14.3 Å². The first-order valence-corrected chi connectivity index (χ1v) is 7.47. The van der Waals surface area contributed by atoms with Gasteiger partial charge in [-0.2, -0.15) is 0 Å². The van der Waals surface area contributed by atoms with Crippen molar-refractivity contribution < 1.29 is 14.3 Å². The largest absolute Gasteiger partial charge is 0.465 e. The standard InChI is InChI=1S/C15H32N2O3/c1-7-20-14(18)15(4,16-5)8-9-17(10-11-19-6)12-13(2)3/h13,16H,7-12H2,1-6H3. The van der Waals surface area contributed by atoms with E-state index in [1.54, 1.807) is 14.2 Å². The van der Waals surface area contributed by atoms with Crippen molar-refractivity contribution in [3.05, 3.63) is 0 Å². The third-order valence-electron chi connectivity index (χ3n) is 3.44. The van der Waals surface area contributed by atoms with E-state index in [2.05, 4.69) is 24.1 Å². The zero-order valence-corrected chi connectivity index (χ0v) is 14.0. The van der Waals surface area contributed by atoms with Crippen LogP contribution in [0.5, 0.6) is 0 Å². The number of esters is 1. The molecule has 0 aliphatic rings. The van der Waals surface area contributed by atoms with Gasteiger partial charge in [0.25, 0.3) is 0 Å². The maximum absolute atomic E-state index is 12.0. The van der Waals surface area contributed by atoms with E-state index in [-0.39, 0.29) is 5.97 Å². The molecule has 0 aliphatic heterocycles. The highest BCUT2D eigenvalue weighted by molar-refractivity contribution is 5.80. The number of carbonyl (C=O) groups excluding carboxylic acids is 1. The van der Waals surface area contributed by atoms with Gasteiger partial charge in [-0.05, 0) is 33.2 Å². The molecular weight excluding hydrogens is 256 g/mol. The van der Waals surface area contributed by atoms with Gasteiger partial charge in [0.2, 0.25) is 0 Å². The summed E-state index contributed by atoms with van der Waals surface area (Å²) in [7, 11) is 3.52. The molecule has 0 aromatic carbocycles. The molecule has 0 amide bonds. The van der Waals surface area contributed by atoms with Crippen LogP contribution in [0.25, 0.3) is 0 Å². The van der Waals surface area contributed by atoms with Gasteiger partial charge in [-0.15, -0.1) is 0 Å². The summed E-state index contributed by atoms with van der Waals surface area (Å²) in [5, 5.41) is 3.10. The summed E-state index contributed by atoms with van der Waals surface area (Å²) < 4.78 is 10.3. The van der Waals surface area contributed by atoms with E-state index >= 15 is 0 Å². The fourth-order valence-electron chi connectivity index (χ4n) is 2.03. The van der Waals surface area contributed by atoms with Crippen LogP contribution >= 0.6 is 0 Å². The fraction of sp³-hybridized carbons (Fsp3) is 0.933. The Morgan fingerprint density at radius 1 is 1.35 bits per heavy atom. The molecule has 0 radical (unpaired) electrons. The molecule has 5 nitrogen and oxygen atoms in total. The van der Waals surface area contributed by atoms with Crippen molar-refractivity contribution in [3.8, 4) is 0 Å². The lowest BCUT2D eigenvalue weighted by atomic mass is 9.97. The summed E-state index contributed by atoms with van der Waals surface area (Å²) in [4.78, 5) is 14.4. The van der Waals surface area contributed by atoms with Crippen molar-refractivity contribution in [1.29, 1.82) is 0 Å².